The van der Waals surface area contributed by atoms with Crippen LogP contribution >= 0.6 is 0 Å². The fraction of sp³-hybridized carbons (Fsp3) is 1.00. The monoisotopic (exact) mass is 168 g/mol. The first-order valence-corrected chi connectivity index (χ1v) is 5.17. The summed E-state index contributed by atoms with van der Waals surface area (Å²) in [6, 6.07) is 0.748. The molecular formula is C10H20N2. The van der Waals surface area contributed by atoms with Gasteiger partial charge in [0.15, 0.2) is 0 Å². The molecule has 0 saturated carbocycles. The molecular weight excluding hydrogens is 148 g/mol. The van der Waals surface area contributed by atoms with Crippen LogP contribution in [-0.4, -0.2) is 37.1 Å². The van der Waals surface area contributed by atoms with Crippen LogP contribution in [0.25, 0.3) is 0 Å². The summed E-state index contributed by atoms with van der Waals surface area (Å²) < 4.78 is 0. The fourth-order valence-electron chi connectivity index (χ4n) is 2.48. The van der Waals surface area contributed by atoms with Crippen molar-refractivity contribution in [1.82, 2.24) is 10.2 Å². The first-order chi connectivity index (χ1) is 5.72. The summed E-state index contributed by atoms with van der Waals surface area (Å²) >= 11 is 0. The van der Waals surface area contributed by atoms with Crippen LogP contribution in [-0.2, 0) is 0 Å². The van der Waals surface area contributed by atoms with Gasteiger partial charge in [-0.3, -0.25) is 4.90 Å². The van der Waals surface area contributed by atoms with Crippen molar-refractivity contribution in [3.05, 3.63) is 0 Å². The predicted molar refractivity (Wildman–Crippen MR) is 51.2 cm³/mol. The van der Waals surface area contributed by atoms with E-state index in [9.17, 15) is 0 Å². The number of hydrogen-bond acceptors (Lipinski definition) is 2. The van der Waals surface area contributed by atoms with Crippen molar-refractivity contribution in [3.8, 4) is 0 Å². The Bertz CT molecular complexity index is 151. The molecule has 2 fully saturated rings. The molecule has 0 atom stereocenters. The van der Waals surface area contributed by atoms with E-state index >= 15 is 0 Å². The van der Waals surface area contributed by atoms with Crippen molar-refractivity contribution in [2.24, 2.45) is 5.41 Å². The molecule has 2 heterocycles. The molecule has 0 unspecified atom stereocenters. The first-order valence-electron chi connectivity index (χ1n) is 5.17. The zero-order valence-electron chi connectivity index (χ0n) is 8.27. The number of nitrogens with zero attached hydrogens (tertiary/aromatic N) is 1. The van der Waals surface area contributed by atoms with Crippen molar-refractivity contribution >= 4 is 0 Å². The predicted octanol–water partition coefficient (Wildman–Crippen LogP) is 1.08. The fourth-order valence-corrected chi connectivity index (χ4v) is 2.48. The first kappa shape index (κ1) is 8.52. The highest BCUT2D eigenvalue weighted by molar-refractivity contribution is 4.99. The summed E-state index contributed by atoms with van der Waals surface area (Å²) in [7, 11) is 0. The van der Waals surface area contributed by atoms with E-state index in [1.165, 1.54) is 39.0 Å². The van der Waals surface area contributed by atoms with Crippen LogP contribution in [0.5, 0.6) is 0 Å². The minimum atomic E-state index is 0.669. The van der Waals surface area contributed by atoms with Gasteiger partial charge in [0.2, 0.25) is 0 Å². The average Bonchev–Trinajstić information content (AvgIpc) is 2.01. The maximum Gasteiger partial charge on any atom is 0.00829 e. The molecule has 0 aromatic rings. The van der Waals surface area contributed by atoms with E-state index in [1.807, 2.05) is 0 Å². The zero-order valence-corrected chi connectivity index (χ0v) is 8.27. The van der Waals surface area contributed by atoms with E-state index in [1.54, 1.807) is 0 Å². The Balaban J connectivity index is 1.84. The molecule has 2 heteroatoms. The van der Waals surface area contributed by atoms with E-state index in [2.05, 4.69) is 24.1 Å². The van der Waals surface area contributed by atoms with Crippen molar-refractivity contribution in [2.75, 3.05) is 26.2 Å². The second-order valence-electron chi connectivity index (χ2n) is 4.78. The van der Waals surface area contributed by atoms with Gasteiger partial charge in [-0.15, -0.1) is 0 Å². The van der Waals surface area contributed by atoms with Gasteiger partial charge in [-0.1, -0.05) is 0 Å². The molecule has 0 amide bonds. The highest BCUT2D eigenvalue weighted by atomic mass is 15.2. The van der Waals surface area contributed by atoms with Gasteiger partial charge < -0.3 is 5.32 Å². The van der Waals surface area contributed by atoms with E-state index in [4.69, 9.17) is 0 Å². The SMILES string of the molecule is CC(C)N1CC2(CCCNC2)C1. The molecule has 1 N–H and O–H groups in total. The van der Waals surface area contributed by atoms with E-state index in [0.29, 0.717) is 5.41 Å². The summed E-state index contributed by atoms with van der Waals surface area (Å²) in [6.07, 6.45) is 2.83. The van der Waals surface area contributed by atoms with Gasteiger partial charge in [0.25, 0.3) is 0 Å². The summed E-state index contributed by atoms with van der Waals surface area (Å²) in [5.74, 6) is 0. The van der Waals surface area contributed by atoms with Gasteiger partial charge in [-0.05, 0) is 33.2 Å². The number of likely N-dealkylation sites (tertiary alicyclic amines) is 1. The van der Waals surface area contributed by atoms with Crippen LogP contribution < -0.4 is 5.32 Å². The largest absolute Gasteiger partial charge is 0.316 e. The van der Waals surface area contributed by atoms with Crippen LogP contribution in [0, 0.1) is 5.41 Å². The molecule has 2 aliphatic heterocycles. The highest BCUT2D eigenvalue weighted by Crippen LogP contribution is 2.37. The van der Waals surface area contributed by atoms with Crippen LogP contribution in [0.2, 0.25) is 0 Å². The summed E-state index contributed by atoms with van der Waals surface area (Å²) in [6.45, 7) is 9.75. The van der Waals surface area contributed by atoms with E-state index in [0.717, 1.165) is 6.04 Å². The maximum absolute atomic E-state index is 3.51. The van der Waals surface area contributed by atoms with Gasteiger partial charge in [0.05, 0.1) is 0 Å². The minimum absolute atomic E-state index is 0.669. The lowest BCUT2D eigenvalue weighted by molar-refractivity contribution is -0.0368. The Morgan fingerprint density at radius 2 is 2.08 bits per heavy atom. The Labute approximate surface area is 75.3 Å². The number of hydrogen-bond donors (Lipinski definition) is 1. The number of nitrogens with one attached hydrogen (secondary N) is 1. The molecule has 1 spiro atoms. The van der Waals surface area contributed by atoms with Gasteiger partial charge >= 0.3 is 0 Å². The molecule has 70 valence electrons. The average molecular weight is 168 g/mol. The highest BCUT2D eigenvalue weighted by Gasteiger charge is 2.43. The number of piperidine rings is 1. The summed E-state index contributed by atoms with van der Waals surface area (Å²) in [5, 5.41) is 3.51. The van der Waals surface area contributed by atoms with Crippen LogP contribution in [0.3, 0.4) is 0 Å². The number of rotatable bonds is 1. The van der Waals surface area contributed by atoms with Gasteiger partial charge in [0, 0.05) is 31.1 Å². The third-order valence-electron chi connectivity index (χ3n) is 3.37. The molecule has 0 radical (unpaired) electrons. The van der Waals surface area contributed by atoms with Crippen molar-refractivity contribution in [1.29, 1.82) is 0 Å². The lowest BCUT2D eigenvalue weighted by Crippen LogP contribution is -2.63. The Kier molecular flexibility index (Phi) is 2.13. The molecule has 0 aromatic carbocycles. The van der Waals surface area contributed by atoms with Gasteiger partial charge in [-0.25, -0.2) is 0 Å². The van der Waals surface area contributed by atoms with Crippen molar-refractivity contribution < 1.29 is 0 Å². The lowest BCUT2D eigenvalue weighted by Gasteiger charge is -2.54. The third kappa shape index (κ3) is 1.38. The van der Waals surface area contributed by atoms with Crippen LogP contribution in [0.1, 0.15) is 26.7 Å². The Morgan fingerprint density at radius 3 is 2.58 bits per heavy atom. The summed E-state index contributed by atoms with van der Waals surface area (Å²) in [4.78, 5) is 2.58. The smallest absolute Gasteiger partial charge is 0.00829 e. The Morgan fingerprint density at radius 1 is 1.33 bits per heavy atom. The third-order valence-corrected chi connectivity index (χ3v) is 3.37. The van der Waals surface area contributed by atoms with Crippen LogP contribution in [0.4, 0.5) is 0 Å². The van der Waals surface area contributed by atoms with Crippen LogP contribution in [0.15, 0.2) is 0 Å². The zero-order chi connectivity index (χ0) is 8.60. The molecule has 2 aliphatic rings. The minimum Gasteiger partial charge on any atom is -0.316 e. The quantitative estimate of drug-likeness (QED) is 0.630. The normalized spacial score (nSPS) is 29.2. The molecule has 12 heavy (non-hydrogen) atoms. The lowest BCUT2D eigenvalue weighted by atomic mass is 9.73. The molecule has 2 rings (SSSR count). The van der Waals surface area contributed by atoms with E-state index < -0.39 is 0 Å². The molecule has 0 bridgehead atoms. The molecule has 2 saturated heterocycles. The topological polar surface area (TPSA) is 15.3 Å². The molecule has 2 nitrogen and oxygen atoms in total. The van der Waals surface area contributed by atoms with Crippen molar-refractivity contribution in [3.63, 3.8) is 0 Å². The maximum atomic E-state index is 3.51. The summed E-state index contributed by atoms with van der Waals surface area (Å²) in [5.41, 5.74) is 0.669. The van der Waals surface area contributed by atoms with Gasteiger partial charge in [-0.2, -0.15) is 0 Å². The molecule has 0 aliphatic carbocycles. The van der Waals surface area contributed by atoms with E-state index in [-0.39, 0.29) is 0 Å². The van der Waals surface area contributed by atoms with Crippen molar-refractivity contribution in [2.45, 2.75) is 32.7 Å². The second-order valence-corrected chi connectivity index (χ2v) is 4.78. The Hall–Kier alpha value is -0.0800. The van der Waals surface area contributed by atoms with Gasteiger partial charge in [0.1, 0.15) is 0 Å². The second kappa shape index (κ2) is 3.00. The standard InChI is InChI=1S/C10H20N2/c1-9(2)12-7-10(8-12)4-3-5-11-6-10/h9,11H,3-8H2,1-2H3. The molecule has 0 aromatic heterocycles.